The van der Waals surface area contributed by atoms with Crippen molar-refractivity contribution in [1.29, 1.82) is 0 Å². The second kappa shape index (κ2) is 17.1. The molecule has 14 heteroatoms. The standard InChI is InChI=1S/C20H38N6O7S/c1-11(27)16(23)19(31)25-12(5-3-4-9-21)17(29)24-13(8-10-34-2)18(30)26-14(20(32)33)6-7-15(22)28/h11-14,16,27H,3-10,21,23H2,1-2H3,(H2,22,28)(H,24,29)(H,25,31)(H,26,30)(H,32,33). The number of aliphatic carboxylic acids is 1. The SMILES string of the molecule is CSCCC(NC(=O)C(CCCCN)NC(=O)C(N)C(C)O)C(=O)NC(CCC(N)=O)C(=O)O. The summed E-state index contributed by atoms with van der Waals surface area (Å²) in [7, 11) is 0. The van der Waals surface area contributed by atoms with Gasteiger partial charge in [0.2, 0.25) is 23.6 Å². The van der Waals surface area contributed by atoms with Gasteiger partial charge in [-0.2, -0.15) is 11.8 Å². The molecule has 0 aliphatic rings. The number of thioether (sulfide) groups is 1. The Labute approximate surface area is 203 Å². The molecule has 4 amide bonds. The van der Waals surface area contributed by atoms with Crippen molar-refractivity contribution >= 4 is 41.4 Å². The van der Waals surface area contributed by atoms with Gasteiger partial charge in [-0.25, -0.2) is 4.79 Å². The zero-order chi connectivity index (χ0) is 26.3. The Morgan fingerprint density at radius 1 is 0.882 bits per heavy atom. The Kier molecular flexibility index (Phi) is 15.9. The quantitative estimate of drug-likeness (QED) is 0.0900. The molecule has 196 valence electrons. The van der Waals surface area contributed by atoms with Crippen LogP contribution < -0.4 is 33.2 Å². The van der Waals surface area contributed by atoms with Gasteiger partial charge in [0.25, 0.3) is 0 Å². The van der Waals surface area contributed by atoms with E-state index in [0.29, 0.717) is 25.1 Å². The number of primary amides is 1. The molecule has 0 aromatic heterocycles. The van der Waals surface area contributed by atoms with Gasteiger partial charge in [-0.15, -0.1) is 0 Å². The molecule has 0 heterocycles. The topological polar surface area (TPSA) is 240 Å². The number of hydrogen-bond donors (Lipinski definition) is 8. The molecule has 0 aliphatic heterocycles. The largest absolute Gasteiger partial charge is 0.480 e. The lowest BCUT2D eigenvalue weighted by Crippen LogP contribution is -2.58. The number of nitrogens with two attached hydrogens (primary N) is 3. The minimum absolute atomic E-state index is 0.192. The number of aliphatic hydroxyl groups is 1. The third kappa shape index (κ3) is 12.7. The van der Waals surface area contributed by atoms with Crippen molar-refractivity contribution in [2.24, 2.45) is 17.2 Å². The Hall–Kier alpha value is -2.42. The molecule has 11 N–H and O–H groups in total. The molecule has 0 fully saturated rings. The molecule has 5 unspecified atom stereocenters. The van der Waals surface area contributed by atoms with E-state index in [1.54, 1.807) is 6.26 Å². The van der Waals surface area contributed by atoms with Gasteiger partial charge >= 0.3 is 5.97 Å². The maximum Gasteiger partial charge on any atom is 0.326 e. The second-order valence-electron chi connectivity index (χ2n) is 7.86. The van der Waals surface area contributed by atoms with E-state index >= 15 is 0 Å². The number of carboxylic acid groups (broad SMARTS) is 1. The van der Waals surface area contributed by atoms with Crippen LogP contribution in [0.1, 0.15) is 45.4 Å². The fourth-order valence-electron chi connectivity index (χ4n) is 2.84. The fraction of sp³-hybridized carbons (Fsp3) is 0.750. The predicted molar refractivity (Wildman–Crippen MR) is 127 cm³/mol. The lowest BCUT2D eigenvalue weighted by Gasteiger charge is -2.25. The molecule has 0 spiro atoms. The van der Waals surface area contributed by atoms with E-state index in [0.717, 1.165) is 0 Å². The van der Waals surface area contributed by atoms with E-state index in [9.17, 15) is 34.2 Å². The molecule has 0 radical (unpaired) electrons. The maximum absolute atomic E-state index is 13.0. The number of carbonyl (C=O) groups is 5. The first-order valence-corrected chi connectivity index (χ1v) is 12.4. The van der Waals surface area contributed by atoms with Crippen LogP contribution in [0.3, 0.4) is 0 Å². The molecule has 13 nitrogen and oxygen atoms in total. The normalized spacial score (nSPS) is 15.3. The number of hydrogen-bond acceptors (Lipinski definition) is 9. The second-order valence-corrected chi connectivity index (χ2v) is 8.84. The zero-order valence-electron chi connectivity index (χ0n) is 19.6. The van der Waals surface area contributed by atoms with Gasteiger partial charge in [-0.3, -0.25) is 19.2 Å². The summed E-state index contributed by atoms with van der Waals surface area (Å²) >= 11 is 1.42. The molecule has 34 heavy (non-hydrogen) atoms. The Bertz CT molecular complexity index is 694. The van der Waals surface area contributed by atoms with Crippen LogP contribution in [-0.4, -0.2) is 88.6 Å². The summed E-state index contributed by atoms with van der Waals surface area (Å²) in [6, 6.07) is -4.74. The first kappa shape index (κ1) is 31.6. The number of nitrogens with one attached hydrogen (secondary N) is 3. The van der Waals surface area contributed by atoms with Crippen molar-refractivity contribution in [2.45, 2.75) is 75.7 Å². The average Bonchev–Trinajstić information content (AvgIpc) is 2.77. The van der Waals surface area contributed by atoms with Crippen LogP contribution in [-0.2, 0) is 24.0 Å². The third-order valence-corrected chi connectivity index (χ3v) is 5.58. The minimum Gasteiger partial charge on any atom is -0.480 e. The van der Waals surface area contributed by atoms with E-state index in [2.05, 4.69) is 16.0 Å². The van der Waals surface area contributed by atoms with Crippen LogP contribution in [0.5, 0.6) is 0 Å². The summed E-state index contributed by atoms with van der Waals surface area (Å²) < 4.78 is 0. The lowest BCUT2D eigenvalue weighted by molar-refractivity contribution is -0.142. The van der Waals surface area contributed by atoms with Gasteiger partial charge in [-0.1, -0.05) is 0 Å². The van der Waals surface area contributed by atoms with Crippen molar-refractivity contribution < 1.29 is 34.2 Å². The lowest BCUT2D eigenvalue weighted by atomic mass is 10.1. The highest BCUT2D eigenvalue weighted by Crippen LogP contribution is 2.07. The van der Waals surface area contributed by atoms with Gasteiger partial charge < -0.3 is 43.4 Å². The van der Waals surface area contributed by atoms with Gasteiger partial charge in [-0.05, 0) is 57.6 Å². The van der Waals surface area contributed by atoms with E-state index in [-0.39, 0.29) is 25.7 Å². The highest BCUT2D eigenvalue weighted by atomic mass is 32.2. The van der Waals surface area contributed by atoms with Crippen molar-refractivity contribution in [3.05, 3.63) is 0 Å². The number of carboxylic acids is 1. The van der Waals surface area contributed by atoms with Gasteiger partial charge in [0.1, 0.15) is 24.2 Å². The number of unbranched alkanes of at least 4 members (excludes halogenated alkanes) is 1. The first-order chi connectivity index (χ1) is 15.9. The number of amides is 4. The molecule has 0 rings (SSSR count). The van der Waals surface area contributed by atoms with Crippen LogP contribution in [0.25, 0.3) is 0 Å². The smallest absolute Gasteiger partial charge is 0.326 e. The number of rotatable bonds is 18. The molecular weight excluding hydrogens is 468 g/mol. The van der Waals surface area contributed by atoms with Gasteiger partial charge in [0.15, 0.2) is 0 Å². The highest BCUT2D eigenvalue weighted by molar-refractivity contribution is 7.98. The van der Waals surface area contributed by atoms with E-state index < -0.39 is 59.9 Å². The van der Waals surface area contributed by atoms with E-state index in [1.807, 2.05) is 0 Å². The molecule has 0 aromatic carbocycles. The Morgan fingerprint density at radius 3 is 1.88 bits per heavy atom. The summed E-state index contributed by atoms with van der Waals surface area (Å²) in [5.74, 6) is -3.71. The van der Waals surface area contributed by atoms with Crippen molar-refractivity contribution in [3.63, 3.8) is 0 Å². The Morgan fingerprint density at radius 2 is 1.41 bits per heavy atom. The molecule has 0 bridgehead atoms. The van der Waals surface area contributed by atoms with Crippen LogP contribution in [0, 0.1) is 0 Å². The molecule has 0 aromatic rings. The van der Waals surface area contributed by atoms with E-state index in [4.69, 9.17) is 17.2 Å². The Balaban J connectivity index is 5.47. The monoisotopic (exact) mass is 506 g/mol. The predicted octanol–water partition coefficient (Wildman–Crippen LogP) is -2.62. The molecule has 5 atom stereocenters. The van der Waals surface area contributed by atoms with Crippen LogP contribution >= 0.6 is 11.8 Å². The van der Waals surface area contributed by atoms with Crippen molar-refractivity contribution in [3.8, 4) is 0 Å². The molecule has 0 aliphatic carbocycles. The third-order valence-electron chi connectivity index (χ3n) is 4.94. The van der Waals surface area contributed by atoms with Crippen molar-refractivity contribution in [2.75, 3.05) is 18.6 Å². The maximum atomic E-state index is 13.0. The number of carbonyl (C=O) groups excluding carboxylic acids is 4. The van der Waals surface area contributed by atoms with Gasteiger partial charge in [0, 0.05) is 6.42 Å². The summed E-state index contributed by atoms with van der Waals surface area (Å²) in [6.45, 7) is 1.73. The zero-order valence-corrected chi connectivity index (χ0v) is 20.4. The molecular formula is C20H38N6O7S. The summed E-state index contributed by atoms with van der Waals surface area (Å²) in [5.41, 5.74) is 16.2. The molecule has 0 saturated carbocycles. The highest BCUT2D eigenvalue weighted by Gasteiger charge is 2.30. The average molecular weight is 507 g/mol. The first-order valence-electron chi connectivity index (χ1n) is 11.0. The summed E-state index contributed by atoms with van der Waals surface area (Å²) in [4.78, 5) is 60.5. The summed E-state index contributed by atoms with van der Waals surface area (Å²) in [6.07, 6.45) is 1.74. The molecule has 0 saturated heterocycles. The minimum atomic E-state index is -1.36. The fourth-order valence-corrected chi connectivity index (χ4v) is 3.31. The van der Waals surface area contributed by atoms with Crippen molar-refractivity contribution in [1.82, 2.24) is 16.0 Å². The van der Waals surface area contributed by atoms with Gasteiger partial charge in [0.05, 0.1) is 6.10 Å². The summed E-state index contributed by atoms with van der Waals surface area (Å²) in [5, 5.41) is 26.3. The van der Waals surface area contributed by atoms with Crippen LogP contribution in [0.15, 0.2) is 0 Å². The van der Waals surface area contributed by atoms with Crippen LogP contribution in [0.2, 0.25) is 0 Å². The number of aliphatic hydroxyl groups excluding tert-OH is 1. The van der Waals surface area contributed by atoms with E-state index in [1.165, 1.54) is 18.7 Å². The van der Waals surface area contributed by atoms with Crippen LogP contribution in [0.4, 0.5) is 0 Å².